The van der Waals surface area contributed by atoms with E-state index in [9.17, 15) is 19.0 Å². The average molecular weight is 1250 g/mol. The second kappa shape index (κ2) is 67.8. The first-order chi connectivity index (χ1) is 43.0. The maximum atomic E-state index is 12.9. The number of likely N-dealkylation sites (N-methyl/N-ethyl adjacent to an activating group) is 1. The van der Waals surface area contributed by atoms with Gasteiger partial charge in [-0.05, 0) is 103 Å². The van der Waals surface area contributed by atoms with Gasteiger partial charge in [0.15, 0.2) is 6.10 Å². The number of rotatable bonds is 66. The van der Waals surface area contributed by atoms with Gasteiger partial charge in [-0.25, -0.2) is 0 Å². The first-order valence-electron chi connectivity index (χ1n) is 36.2. The van der Waals surface area contributed by atoms with Crippen molar-refractivity contribution in [1.82, 2.24) is 0 Å². The van der Waals surface area contributed by atoms with E-state index in [1.807, 2.05) is 21.1 Å². The van der Waals surface area contributed by atoms with Crippen LogP contribution in [0.25, 0.3) is 0 Å². The van der Waals surface area contributed by atoms with Crippen LogP contribution in [0, 0.1) is 0 Å². The summed E-state index contributed by atoms with van der Waals surface area (Å²) in [6.45, 7) is 4.03. The number of unbranched alkanes of at least 4 members (excludes halogenated alkanes) is 32. The molecule has 0 aromatic carbocycles. The largest absolute Gasteiger partial charge is 0.756 e. The molecule has 0 aliphatic heterocycles. The second-order valence-corrected chi connectivity index (χ2v) is 26.6. The topological polar surface area (TPSA) is 111 Å². The fraction of sp³-hybridized carbons (Fsp3) is 0.718. The molecule has 0 rings (SSSR count). The van der Waals surface area contributed by atoms with Gasteiger partial charge in [0.05, 0.1) is 27.7 Å². The number of allylic oxidation sites excluding steroid dienone is 20. The third-order valence-corrected chi connectivity index (χ3v) is 16.4. The molecule has 0 aliphatic carbocycles. The summed E-state index contributed by atoms with van der Waals surface area (Å²) in [5.74, 6) is -0.837. The zero-order valence-corrected chi connectivity index (χ0v) is 58.5. The van der Waals surface area contributed by atoms with Crippen molar-refractivity contribution in [3.8, 4) is 0 Å². The summed E-state index contributed by atoms with van der Waals surface area (Å²) in [5.41, 5.74) is 0. The Balaban J connectivity index is 4.00. The highest BCUT2D eigenvalue weighted by molar-refractivity contribution is 7.45. The van der Waals surface area contributed by atoms with Gasteiger partial charge in [-0.15, -0.1) is 0 Å². The molecule has 0 amide bonds. The molecular formula is C78H136NO8P. The molecule has 0 saturated carbocycles. The molecule has 0 bridgehead atoms. The zero-order valence-electron chi connectivity index (χ0n) is 57.6. The summed E-state index contributed by atoms with van der Waals surface area (Å²) in [7, 11) is 1.16. The number of ether oxygens (including phenoxy) is 2. The molecule has 0 aliphatic rings. The van der Waals surface area contributed by atoms with Crippen LogP contribution in [0.5, 0.6) is 0 Å². The Labute approximate surface area is 543 Å². The van der Waals surface area contributed by atoms with Crippen molar-refractivity contribution < 1.29 is 42.1 Å². The smallest absolute Gasteiger partial charge is 0.306 e. The SMILES string of the molecule is CC/C=C\C/C=C\C/C=C\C/C=C\C/C=C\C/C=C\CCCCCCCCCCC(=O)OC(COC(=O)CCCCCCCCCCCCCCCCCCCCCCCCCC/C=C\C/C=C\C/C=C\C/C=C\CC)COP(=O)([O-])OCC[N+](C)(C)C. The van der Waals surface area contributed by atoms with Gasteiger partial charge in [0.1, 0.15) is 19.8 Å². The maximum absolute atomic E-state index is 12.9. The van der Waals surface area contributed by atoms with Crippen molar-refractivity contribution >= 4 is 19.8 Å². The van der Waals surface area contributed by atoms with Gasteiger partial charge in [-0.2, -0.15) is 0 Å². The summed E-state index contributed by atoms with van der Waals surface area (Å²) in [6.07, 6.45) is 97.2. The Morgan fingerprint density at radius 3 is 0.909 bits per heavy atom. The summed E-state index contributed by atoms with van der Waals surface area (Å²) < 4.78 is 34.3. The summed E-state index contributed by atoms with van der Waals surface area (Å²) in [4.78, 5) is 38.1. The van der Waals surface area contributed by atoms with E-state index in [1.54, 1.807) is 0 Å². The van der Waals surface area contributed by atoms with E-state index in [0.29, 0.717) is 17.4 Å². The quantitative estimate of drug-likeness (QED) is 0.0195. The lowest BCUT2D eigenvalue weighted by atomic mass is 10.0. The average Bonchev–Trinajstić information content (AvgIpc) is 3.60. The Morgan fingerprint density at radius 2 is 0.614 bits per heavy atom. The summed E-state index contributed by atoms with van der Waals surface area (Å²) in [5, 5.41) is 0. The van der Waals surface area contributed by atoms with Gasteiger partial charge in [-0.1, -0.05) is 315 Å². The van der Waals surface area contributed by atoms with Crippen molar-refractivity contribution in [2.24, 2.45) is 0 Å². The fourth-order valence-corrected chi connectivity index (χ4v) is 10.7. The predicted octanol–water partition coefficient (Wildman–Crippen LogP) is 23.2. The lowest BCUT2D eigenvalue weighted by Crippen LogP contribution is -2.37. The van der Waals surface area contributed by atoms with Crippen LogP contribution >= 0.6 is 7.82 Å². The molecule has 10 heteroatoms. The van der Waals surface area contributed by atoms with E-state index < -0.39 is 26.5 Å². The van der Waals surface area contributed by atoms with Gasteiger partial charge in [0.25, 0.3) is 7.82 Å². The van der Waals surface area contributed by atoms with Gasteiger partial charge < -0.3 is 27.9 Å². The highest BCUT2D eigenvalue weighted by Gasteiger charge is 2.22. The van der Waals surface area contributed by atoms with E-state index in [-0.39, 0.29) is 32.0 Å². The summed E-state index contributed by atoms with van der Waals surface area (Å²) >= 11 is 0. The molecule has 0 aromatic rings. The third kappa shape index (κ3) is 71.5. The Morgan fingerprint density at radius 1 is 0.352 bits per heavy atom. The molecule has 0 fully saturated rings. The molecule has 506 valence electrons. The van der Waals surface area contributed by atoms with Crippen LogP contribution in [-0.2, 0) is 32.7 Å². The molecule has 0 spiro atoms. The standard InChI is InChI=1S/C78H136NO8P/c1-6-8-10-12-14-16-18-20-22-24-26-28-30-32-34-35-36-37-38-39-40-41-42-43-45-46-48-50-52-54-56-58-60-62-64-66-68-70-77(80)84-74-76(75-86-88(82,83)85-73-72-79(3,4)5)87-78(81)71-69-67-65-63-61-59-57-55-53-51-49-47-44-33-31-29-27-25-23-21-19-17-15-13-11-9-7-2/h8-11,14-17,20-23,26-29,33,44,49,51,76H,6-7,12-13,18-19,24-25,30-32,34-43,45-48,50,52-75H2,1-5H3/b10-8-,11-9-,16-14-,17-15-,22-20-,23-21-,28-26-,29-27-,44-33-,51-49-. The highest BCUT2D eigenvalue weighted by Crippen LogP contribution is 2.38. The van der Waals surface area contributed by atoms with Crippen LogP contribution in [0.3, 0.4) is 0 Å². The van der Waals surface area contributed by atoms with Gasteiger partial charge in [-0.3, -0.25) is 14.2 Å². The van der Waals surface area contributed by atoms with E-state index in [2.05, 4.69) is 135 Å². The molecule has 0 heterocycles. The van der Waals surface area contributed by atoms with E-state index >= 15 is 0 Å². The highest BCUT2D eigenvalue weighted by atomic mass is 31.2. The minimum Gasteiger partial charge on any atom is -0.756 e. The number of quaternary nitrogens is 1. The first-order valence-corrected chi connectivity index (χ1v) is 37.7. The number of phosphoric acid groups is 1. The predicted molar refractivity (Wildman–Crippen MR) is 378 cm³/mol. The lowest BCUT2D eigenvalue weighted by molar-refractivity contribution is -0.870. The van der Waals surface area contributed by atoms with Crippen molar-refractivity contribution in [3.05, 3.63) is 122 Å². The van der Waals surface area contributed by atoms with E-state index in [1.165, 1.54) is 167 Å². The molecule has 0 saturated heterocycles. The van der Waals surface area contributed by atoms with Crippen LogP contribution in [-0.4, -0.2) is 70.0 Å². The van der Waals surface area contributed by atoms with E-state index in [0.717, 1.165) is 109 Å². The number of esters is 2. The molecular weight excluding hydrogens is 1110 g/mol. The maximum Gasteiger partial charge on any atom is 0.306 e. The van der Waals surface area contributed by atoms with Crippen molar-refractivity contribution in [2.45, 2.75) is 315 Å². The molecule has 0 N–H and O–H groups in total. The number of carbonyl (C=O) groups excluding carboxylic acids is 2. The fourth-order valence-electron chi connectivity index (χ4n) is 10.0. The molecule has 0 aromatic heterocycles. The molecule has 9 nitrogen and oxygen atoms in total. The van der Waals surface area contributed by atoms with Crippen LogP contribution in [0.2, 0.25) is 0 Å². The van der Waals surface area contributed by atoms with Crippen LogP contribution in [0.1, 0.15) is 309 Å². The Hall–Kier alpha value is -3.59. The zero-order chi connectivity index (χ0) is 64.1. The minimum absolute atomic E-state index is 0.0363. The minimum atomic E-state index is -4.65. The monoisotopic (exact) mass is 1250 g/mol. The second-order valence-electron chi connectivity index (χ2n) is 25.2. The molecule has 0 radical (unpaired) electrons. The number of carbonyl (C=O) groups is 2. The lowest BCUT2D eigenvalue weighted by Gasteiger charge is -2.28. The Bertz CT molecular complexity index is 1900. The summed E-state index contributed by atoms with van der Waals surface area (Å²) in [6, 6.07) is 0. The number of hydrogen-bond donors (Lipinski definition) is 0. The van der Waals surface area contributed by atoms with Crippen LogP contribution in [0.15, 0.2) is 122 Å². The van der Waals surface area contributed by atoms with E-state index in [4.69, 9.17) is 18.5 Å². The molecule has 2 atom stereocenters. The van der Waals surface area contributed by atoms with Crippen molar-refractivity contribution in [2.75, 3.05) is 47.5 Å². The van der Waals surface area contributed by atoms with Gasteiger partial charge in [0, 0.05) is 12.8 Å². The number of nitrogens with zero attached hydrogens (tertiary/aromatic N) is 1. The van der Waals surface area contributed by atoms with Crippen molar-refractivity contribution in [3.63, 3.8) is 0 Å². The van der Waals surface area contributed by atoms with Crippen LogP contribution < -0.4 is 4.89 Å². The van der Waals surface area contributed by atoms with Crippen LogP contribution in [0.4, 0.5) is 0 Å². The normalized spacial score (nSPS) is 13.8. The molecule has 88 heavy (non-hydrogen) atoms. The number of hydrogen-bond acceptors (Lipinski definition) is 8. The first kappa shape index (κ1) is 84.4. The van der Waals surface area contributed by atoms with Gasteiger partial charge in [0.2, 0.25) is 0 Å². The van der Waals surface area contributed by atoms with Crippen molar-refractivity contribution in [1.29, 1.82) is 0 Å². The Kier molecular flexibility index (Phi) is 65.0. The third-order valence-electron chi connectivity index (χ3n) is 15.5. The van der Waals surface area contributed by atoms with Gasteiger partial charge >= 0.3 is 11.9 Å². The molecule has 2 unspecified atom stereocenters. The number of phosphoric ester groups is 1.